The molecule has 0 aliphatic heterocycles. The minimum atomic E-state index is 0.260. The first-order chi connectivity index (χ1) is 10.1. The van der Waals surface area contributed by atoms with Gasteiger partial charge in [0.2, 0.25) is 5.89 Å². The van der Waals surface area contributed by atoms with Crippen LogP contribution in [0.2, 0.25) is 0 Å². The van der Waals surface area contributed by atoms with Crippen molar-refractivity contribution < 1.29 is 4.52 Å². The Morgan fingerprint density at radius 2 is 2.10 bits per heavy atom. The largest absolute Gasteiger partial charge is 0.338 e. The predicted octanol–water partition coefficient (Wildman–Crippen LogP) is 2.59. The Morgan fingerprint density at radius 3 is 2.76 bits per heavy atom. The Labute approximate surface area is 125 Å². The molecule has 0 amide bonds. The van der Waals surface area contributed by atoms with Crippen LogP contribution in [0.1, 0.15) is 51.9 Å². The molecular formula is C15H25N5O. The van der Waals surface area contributed by atoms with Gasteiger partial charge >= 0.3 is 0 Å². The van der Waals surface area contributed by atoms with Gasteiger partial charge in [0.1, 0.15) is 0 Å². The molecule has 2 heterocycles. The average molecular weight is 291 g/mol. The van der Waals surface area contributed by atoms with Gasteiger partial charge in [-0.2, -0.15) is 10.1 Å². The van der Waals surface area contributed by atoms with Crippen molar-refractivity contribution in [2.24, 2.45) is 5.92 Å². The van der Waals surface area contributed by atoms with Gasteiger partial charge in [-0.05, 0) is 32.3 Å². The number of nitrogens with zero attached hydrogens (tertiary/aromatic N) is 4. The van der Waals surface area contributed by atoms with E-state index in [1.54, 1.807) is 6.20 Å². The van der Waals surface area contributed by atoms with E-state index in [2.05, 4.69) is 48.3 Å². The van der Waals surface area contributed by atoms with Crippen molar-refractivity contribution in [1.82, 2.24) is 25.2 Å². The van der Waals surface area contributed by atoms with Crippen LogP contribution in [0, 0.1) is 5.92 Å². The first-order valence-electron chi connectivity index (χ1n) is 7.60. The van der Waals surface area contributed by atoms with E-state index in [1.807, 2.05) is 16.9 Å². The third kappa shape index (κ3) is 4.67. The molecule has 0 aliphatic carbocycles. The standard InChI is InChI=1S/C15H25N5O/c1-11(2)6-7-14-18-15(21-19-14)10-16-12(3)13(4)20-9-5-8-17-20/h5,8-9,11-13,16H,6-7,10H2,1-4H3/t12-,13+/m0/s1. The Morgan fingerprint density at radius 1 is 1.29 bits per heavy atom. The molecule has 0 bridgehead atoms. The average Bonchev–Trinajstić information content (AvgIpc) is 3.13. The summed E-state index contributed by atoms with van der Waals surface area (Å²) in [5.74, 6) is 2.10. The summed E-state index contributed by atoms with van der Waals surface area (Å²) >= 11 is 0. The minimum absolute atomic E-state index is 0.260. The second-order valence-electron chi connectivity index (χ2n) is 5.93. The van der Waals surface area contributed by atoms with Crippen molar-refractivity contribution in [3.8, 4) is 0 Å². The monoisotopic (exact) mass is 291 g/mol. The van der Waals surface area contributed by atoms with Gasteiger partial charge in [-0.15, -0.1) is 0 Å². The van der Waals surface area contributed by atoms with E-state index in [-0.39, 0.29) is 12.1 Å². The molecule has 1 N–H and O–H groups in total. The fourth-order valence-electron chi connectivity index (χ4n) is 2.05. The van der Waals surface area contributed by atoms with E-state index >= 15 is 0 Å². The molecule has 2 aromatic heterocycles. The zero-order chi connectivity index (χ0) is 15.2. The zero-order valence-electron chi connectivity index (χ0n) is 13.3. The number of nitrogens with one attached hydrogen (secondary N) is 1. The summed E-state index contributed by atoms with van der Waals surface area (Å²) in [6.45, 7) is 9.23. The molecule has 0 fully saturated rings. The minimum Gasteiger partial charge on any atom is -0.338 e. The fraction of sp³-hybridized carbons (Fsp3) is 0.667. The van der Waals surface area contributed by atoms with Crippen LogP contribution in [-0.2, 0) is 13.0 Å². The first-order valence-corrected chi connectivity index (χ1v) is 7.60. The van der Waals surface area contributed by atoms with Crippen LogP contribution in [-0.4, -0.2) is 26.0 Å². The van der Waals surface area contributed by atoms with Crippen molar-refractivity contribution in [3.63, 3.8) is 0 Å². The van der Waals surface area contributed by atoms with Gasteiger partial charge in [-0.25, -0.2) is 0 Å². The molecule has 0 spiro atoms. The topological polar surface area (TPSA) is 68.8 Å². The molecule has 6 nitrogen and oxygen atoms in total. The van der Waals surface area contributed by atoms with Crippen molar-refractivity contribution in [2.45, 2.75) is 59.2 Å². The van der Waals surface area contributed by atoms with Crippen LogP contribution in [0.5, 0.6) is 0 Å². The number of hydrogen-bond donors (Lipinski definition) is 1. The summed E-state index contributed by atoms with van der Waals surface area (Å²) in [4.78, 5) is 4.41. The van der Waals surface area contributed by atoms with Gasteiger partial charge in [0, 0.05) is 24.9 Å². The maximum Gasteiger partial charge on any atom is 0.240 e. The Bertz CT molecular complexity index is 520. The van der Waals surface area contributed by atoms with Gasteiger partial charge in [0.25, 0.3) is 0 Å². The predicted molar refractivity (Wildman–Crippen MR) is 80.7 cm³/mol. The quantitative estimate of drug-likeness (QED) is 0.809. The molecule has 2 rings (SSSR count). The van der Waals surface area contributed by atoms with E-state index in [9.17, 15) is 0 Å². The third-order valence-corrected chi connectivity index (χ3v) is 3.70. The summed E-state index contributed by atoms with van der Waals surface area (Å²) in [6, 6.07) is 2.46. The van der Waals surface area contributed by atoms with E-state index in [1.165, 1.54) is 0 Å². The highest BCUT2D eigenvalue weighted by Gasteiger charge is 2.15. The van der Waals surface area contributed by atoms with Crippen LogP contribution >= 0.6 is 0 Å². The normalized spacial score (nSPS) is 14.5. The van der Waals surface area contributed by atoms with Crippen molar-refractivity contribution in [2.75, 3.05) is 0 Å². The van der Waals surface area contributed by atoms with Crippen LogP contribution in [0.3, 0.4) is 0 Å². The van der Waals surface area contributed by atoms with Gasteiger partial charge in [0.15, 0.2) is 5.82 Å². The molecule has 0 unspecified atom stereocenters. The summed E-state index contributed by atoms with van der Waals surface area (Å²) in [6.07, 6.45) is 5.72. The lowest BCUT2D eigenvalue weighted by Gasteiger charge is -2.20. The summed E-state index contributed by atoms with van der Waals surface area (Å²) in [5.41, 5.74) is 0. The van der Waals surface area contributed by atoms with Gasteiger partial charge in [0.05, 0.1) is 12.6 Å². The molecule has 2 atom stereocenters. The van der Waals surface area contributed by atoms with Gasteiger partial charge in [-0.3, -0.25) is 4.68 Å². The van der Waals surface area contributed by atoms with Crippen LogP contribution in [0.25, 0.3) is 0 Å². The summed E-state index contributed by atoms with van der Waals surface area (Å²) in [7, 11) is 0. The molecule has 0 aliphatic rings. The van der Waals surface area contributed by atoms with Crippen LogP contribution in [0.4, 0.5) is 0 Å². The maximum absolute atomic E-state index is 5.27. The summed E-state index contributed by atoms with van der Waals surface area (Å²) < 4.78 is 7.22. The molecule has 2 aromatic rings. The Hall–Kier alpha value is -1.69. The van der Waals surface area contributed by atoms with E-state index < -0.39 is 0 Å². The highest BCUT2D eigenvalue weighted by Crippen LogP contribution is 2.10. The third-order valence-electron chi connectivity index (χ3n) is 3.70. The smallest absolute Gasteiger partial charge is 0.240 e. The molecule has 0 saturated heterocycles. The zero-order valence-corrected chi connectivity index (χ0v) is 13.3. The van der Waals surface area contributed by atoms with Crippen molar-refractivity contribution in [3.05, 3.63) is 30.2 Å². The van der Waals surface area contributed by atoms with Gasteiger partial charge < -0.3 is 9.84 Å². The lowest BCUT2D eigenvalue weighted by atomic mass is 10.1. The SMILES string of the molecule is CC(C)CCc1noc(CN[C@@H](C)[C@@H](C)n2cccn2)n1. The molecule has 116 valence electrons. The van der Waals surface area contributed by atoms with Gasteiger partial charge in [-0.1, -0.05) is 19.0 Å². The number of aromatic nitrogens is 4. The first kappa shape index (κ1) is 15.7. The number of rotatable bonds is 8. The fourth-order valence-corrected chi connectivity index (χ4v) is 2.05. The summed E-state index contributed by atoms with van der Waals surface area (Å²) in [5, 5.41) is 11.7. The number of hydrogen-bond acceptors (Lipinski definition) is 5. The molecule has 0 aromatic carbocycles. The molecule has 6 heteroatoms. The molecule has 0 radical (unpaired) electrons. The van der Waals surface area contributed by atoms with E-state index in [0.717, 1.165) is 18.7 Å². The van der Waals surface area contributed by atoms with Crippen LogP contribution in [0.15, 0.2) is 23.0 Å². The van der Waals surface area contributed by atoms with E-state index in [0.29, 0.717) is 18.4 Å². The van der Waals surface area contributed by atoms with E-state index in [4.69, 9.17) is 4.52 Å². The Kier molecular flexibility index (Phi) is 5.50. The molecule has 21 heavy (non-hydrogen) atoms. The lowest BCUT2D eigenvalue weighted by Crippen LogP contribution is -2.33. The second-order valence-corrected chi connectivity index (χ2v) is 5.93. The lowest BCUT2D eigenvalue weighted by molar-refractivity contribution is 0.323. The molecule has 0 saturated carbocycles. The second kappa shape index (κ2) is 7.36. The maximum atomic E-state index is 5.27. The highest BCUT2D eigenvalue weighted by atomic mass is 16.5. The van der Waals surface area contributed by atoms with Crippen molar-refractivity contribution >= 4 is 0 Å². The van der Waals surface area contributed by atoms with Crippen LogP contribution < -0.4 is 5.32 Å². The number of aryl methyl sites for hydroxylation is 1. The van der Waals surface area contributed by atoms with Crippen molar-refractivity contribution in [1.29, 1.82) is 0 Å². The molecular weight excluding hydrogens is 266 g/mol. The Balaban J connectivity index is 1.80. The highest BCUT2D eigenvalue weighted by molar-refractivity contribution is 4.88.